The molecular weight excluding hydrogens is 450 g/mol. The van der Waals surface area contributed by atoms with Crippen LogP contribution in [0.2, 0.25) is 0 Å². The molecule has 0 radical (unpaired) electrons. The molecule has 3 atom stereocenters. The second-order valence-corrected chi connectivity index (χ2v) is 9.47. The van der Waals surface area contributed by atoms with E-state index in [1.54, 1.807) is 0 Å². The molecule has 1 spiro atoms. The third-order valence-electron chi connectivity index (χ3n) is 7.38. The highest BCUT2D eigenvalue weighted by molar-refractivity contribution is 6.23. The van der Waals surface area contributed by atoms with Gasteiger partial charge in [-0.25, -0.2) is 9.69 Å². The van der Waals surface area contributed by atoms with Crippen molar-refractivity contribution in [2.24, 2.45) is 5.92 Å². The number of amides is 2. The molecule has 182 valence electrons. The lowest BCUT2D eigenvalue weighted by Crippen LogP contribution is -2.48. The van der Waals surface area contributed by atoms with Gasteiger partial charge in [-0.15, -0.1) is 0 Å². The minimum Gasteiger partial charge on any atom is -0.457 e. The fourth-order valence-electron chi connectivity index (χ4n) is 5.98. The number of hydrogen-bond acceptors (Lipinski definition) is 4. The molecule has 5 nitrogen and oxygen atoms in total. The maximum Gasteiger partial charge on any atom is 0.334 e. The molecule has 36 heavy (non-hydrogen) atoms. The van der Waals surface area contributed by atoms with Crippen molar-refractivity contribution in [3.8, 4) is 0 Å². The molecule has 2 amide bonds. The molecule has 0 fully saturated rings. The van der Waals surface area contributed by atoms with Gasteiger partial charge in [-0.2, -0.15) is 0 Å². The number of esters is 1. The Morgan fingerprint density at radius 3 is 2.22 bits per heavy atom. The number of allylic oxidation sites excluding steroid dienone is 1. The lowest BCUT2D eigenvalue weighted by Gasteiger charge is -2.37. The molecule has 0 unspecified atom stereocenters. The summed E-state index contributed by atoms with van der Waals surface area (Å²) >= 11 is 0. The summed E-state index contributed by atoms with van der Waals surface area (Å²) in [5.74, 6) is -1.86. The van der Waals surface area contributed by atoms with Gasteiger partial charge in [0.2, 0.25) is 11.8 Å². The summed E-state index contributed by atoms with van der Waals surface area (Å²) in [7, 11) is 0. The quantitative estimate of drug-likeness (QED) is 0.426. The standard InChI is InChI=1S/C31H29NO4/c1-3-12-24-19-25(29(34)36-20-22-13-6-4-7-14-22)28(23-15-8-5-9-16-23)31(24)26-17-10-11-18-27(26)32(21(2)33)30(31)35/h4-11,13-19,24,28H,3,12,20H2,1-2H3/t24-,28+,31-/m1/s1. The van der Waals surface area contributed by atoms with Gasteiger partial charge in [-0.1, -0.05) is 98.3 Å². The van der Waals surface area contributed by atoms with Crippen molar-refractivity contribution in [3.63, 3.8) is 0 Å². The fourth-order valence-corrected chi connectivity index (χ4v) is 5.98. The Morgan fingerprint density at radius 1 is 0.917 bits per heavy atom. The minimum absolute atomic E-state index is 0.147. The number of carbonyl (C=O) groups is 3. The van der Waals surface area contributed by atoms with Gasteiger partial charge in [0.15, 0.2) is 0 Å². The predicted molar refractivity (Wildman–Crippen MR) is 138 cm³/mol. The monoisotopic (exact) mass is 479 g/mol. The van der Waals surface area contributed by atoms with Gasteiger partial charge in [0.25, 0.3) is 0 Å². The van der Waals surface area contributed by atoms with Gasteiger partial charge in [0.1, 0.15) is 6.61 Å². The molecule has 0 aromatic heterocycles. The van der Waals surface area contributed by atoms with Crippen LogP contribution in [-0.4, -0.2) is 17.8 Å². The zero-order chi connectivity index (χ0) is 25.3. The van der Waals surface area contributed by atoms with Crippen molar-refractivity contribution < 1.29 is 19.1 Å². The number of fused-ring (bicyclic) bond motifs is 2. The maximum absolute atomic E-state index is 14.4. The molecule has 2 aliphatic rings. The van der Waals surface area contributed by atoms with E-state index in [4.69, 9.17) is 4.74 Å². The van der Waals surface area contributed by atoms with E-state index in [2.05, 4.69) is 6.92 Å². The number of carbonyl (C=O) groups excluding carboxylic acids is 3. The Kier molecular flexibility index (Phi) is 6.31. The summed E-state index contributed by atoms with van der Waals surface area (Å²) in [6.45, 7) is 3.63. The summed E-state index contributed by atoms with van der Waals surface area (Å²) in [6, 6.07) is 26.7. The third-order valence-corrected chi connectivity index (χ3v) is 7.38. The van der Waals surface area contributed by atoms with Crippen molar-refractivity contribution in [2.45, 2.75) is 44.6 Å². The first kappa shape index (κ1) is 23.7. The maximum atomic E-state index is 14.4. The van der Waals surface area contributed by atoms with E-state index in [0.29, 0.717) is 17.7 Å². The fraction of sp³-hybridized carbons (Fsp3) is 0.258. The number of para-hydroxylation sites is 1. The van der Waals surface area contributed by atoms with E-state index in [0.717, 1.165) is 23.1 Å². The van der Waals surface area contributed by atoms with Crippen molar-refractivity contribution in [2.75, 3.05) is 4.90 Å². The highest BCUT2D eigenvalue weighted by Gasteiger charge is 2.64. The van der Waals surface area contributed by atoms with Gasteiger partial charge in [-0.05, 0) is 35.1 Å². The largest absolute Gasteiger partial charge is 0.457 e. The highest BCUT2D eigenvalue weighted by Crippen LogP contribution is 2.61. The molecular formula is C31H29NO4. The average molecular weight is 480 g/mol. The second-order valence-electron chi connectivity index (χ2n) is 9.47. The van der Waals surface area contributed by atoms with Crippen LogP contribution in [-0.2, 0) is 31.1 Å². The van der Waals surface area contributed by atoms with Gasteiger partial charge < -0.3 is 4.74 Å². The summed E-state index contributed by atoms with van der Waals surface area (Å²) in [5.41, 5.74) is 2.52. The Balaban J connectivity index is 1.66. The van der Waals surface area contributed by atoms with Crippen LogP contribution in [0.1, 0.15) is 49.3 Å². The Morgan fingerprint density at radius 2 is 1.56 bits per heavy atom. The number of nitrogens with zero attached hydrogens (tertiary/aromatic N) is 1. The highest BCUT2D eigenvalue weighted by atomic mass is 16.5. The zero-order valence-corrected chi connectivity index (χ0v) is 20.5. The van der Waals surface area contributed by atoms with Gasteiger partial charge in [-0.3, -0.25) is 9.59 Å². The summed E-state index contributed by atoms with van der Waals surface area (Å²) < 4.78 is 5.79. The van der Waals surface area contributed by atoms with Crippen molar-refractivity contribution in [3.05, 3.63) is 113 Å². The number of hydrogen-bond donors (Lipinski definition) is 0. The van der Waals surface area contributed by atoms with E-state index < -0.39 is 17.3 Å². The minimum atomic E-state index is -1.10. The summed E-state index contributed by atoms with van der Waals surface area (Å²) in [5, 5.41) is 0. The topological polar surface area (TPSA) is 63.7 Å². The van der Waals surface area contributed by atoms with E-state index in [-0.39, 0.29) is 24.3 Å². The number of rotatable bonds is 6. The predicted octanol–water partition coefficient (Wildman–Crippen LogP) is 5.70. The SMILES string of the molecule is CCC[C@@H]1C=C(C(=O)OCc2ccccc2)[C@H](c2ccccc2)[C@@]12C(=O)N(C(C)=O)c1ccccc12. The number of benzene rings is 3. The molecule has 1 heterocycles. The number of ether oxygens (including phenoxy) is 1. The van der Waals surface area contributed by atoms with Gasteiger partial charge in [0, 0.05) is 18.4 Å². The van der Waals surface area contributed by atoms with Crippen molar-refractivity contribution in [1.29, 1.82) is 0 Å². The Bertz CT molecular complexity index is 1330. The lowest BCUT2D eigenvalue weighted by atomic mass is 9.63. The summed E-state index contributed by atoms with van der Waals surface area (Å²) in [6.07, 6.45) is 3.46. The van der Waals surface area contributed by atoms with Crippen LogP contribution in [0.15, 0.2) is 96.6 Å². The molecule has 3 aromatic rings. The first-order chi connectivity index (χ1) is 17.5. The van der Waals surface area contributed by atoms with Gasteiger partial charge in [0.05, 0.1) is 11.1 Å². The van der Waals surface area contributed by atoms with Crippen LogP contribution in [0.5, 0.6) is 0 Å². The lowest BCUT2D eigenvalue weighted by molar-refractivity contribution is -0.140. The normalized spacial score (nSPS) is 22.4. The number of imide groups is 1. The first-order valence-electron chi connectivity index (χ1n) is 12.4. The summed E-state index contributed by atoms with van der Waals surface area (Å²) in [4.78, 5) is 42.0. The molecule has 5 heteroatoms. The zero-order valence-electron chi connectivity index (χ0n) is 20.5. The van der Waals surface area contributed by atoms with Crippen LogP contribution >= 0.6 is 0 Å². The van der Waals surface area contributed by atoms with E-state index in [1.807, 2.05) is 91.0 Å². The van der Waals surface area contributed by atoms with E-state index >= 15 is 0 Å². The number of anilines is 1. The van der Waals surface area contributed by atoms with Crippen LogP contribution in [0.3, 0.4) is 0 Å². The molecule has 0 saturated carbocycles. The van der Waals surface area contributed by atoms with Crippen molar-refractivity contribution >= 4 is 23.5 Å². The molecule has 5 rings (SSSR count). The first-order valence-corrected chi connectivity index (χ1v) is 12.4. The molecule has 3 aromatic carbocycles. The smallest absolute Gasteiger partial charge is 0.334 e. The van der Waals surface area contributed by atoms with Crippen LogP contribution in [0.25, 0.3) is 0 Å². The Labute approximate surface area is 211 Å². The van der Waals surface area contributed by atoms with Crippen LogP contribution in [0.4, 0.5) is 5.69 Å². The van der Waals surface area contributed by atoms with Crippen molar-refractivity contribution in [1.82, 2.24) is 0 Å². The molecule has 0 bridgehead atoms. The molecule has 1 aliphatic heterocycles. The van der Waals surface area contributed by atoms with E-state index in [1.165, 1.54) is 11.8 Å². The second kappa shape index (κ2) is 9.57. The van der Waals surface area contributed by atoms with Crippen LogP contribution < -0.4 is 4.90 Å². The molecule has 1 aliphatic carbocycles. The van der Waals surface area contributed by atoms with E-state index in [9.17, 15) is 14.4 Å². The third kappa shape index (κ3) is 3.67. The Hall–Kier alpha value is -3.99. The molecule has 0 saturated heterocycles. The molecule has 0 N–H and O–H groups in total. The van der Waals surface area contributed by atoms with Crippen LogP contribution in [0, 0.1) is 5.92 Å². The average Bonchev–Trinajstić information content (AvgIpc) is 3.37. The van der Waals surface area contributed by atoms with Gasteiger partial charge >= 0.3 is 5.97 Å².